The monoisotopic (exact) mass is 246 g/mol. The third kappa shape index (κ3) is 6.36. The van der Waals surface area contributed by atoms with Crippen molar-refractivity contribution in [2.24, 2.45) is 0 Å². The highest BCUT2D eigenvalue weighted by Crippen LogP contribution is 2.09. The van der Waals surface area contributed by atoms with Crippen LogP contribution < -0.4 is 0 Å². The Morgan fingerprint density at radius 3 is 2.67 bits per heavy atom. The Morgan fingerprint density at radius 1 is 1.22 bits per heavy atom. The third-order valence-corrected chi connectivity index (χ3v) is 2.68. The van der Waals surface area contributed by atoms with Crippen LogP contribution in [0.3, 0.4) is 0 Å². The fourth-order valence-corrected chi connectivity index (χ4v) is 1.71. The summed E-state index contributed by atoms with van der Waals surface area (Å²) in [6.07, 6.45) is 8.73. The quantitative estimate of drug-likeness (QED) is 0.375. The fraction of sp³-hybridized carbons (Fsp3) is 0.438. The standard InChI is InChI=1S/C16H22O2/c1-2-9-16(12-7-4-8-13-17)18-14-15-10-5-3-6-11-15/h3,5-7,10-13,16H,2,4,8-9,14H2,1H3/b12-7+/t16-/m0/s1. The van der Waals surface area contributed by atoms with E-state index in [1.165, 1.54) is 5.56 Å². The van der Waals surface area contributed by atoms with Gasteiger partial charge in [0.25, 0.3) is 0 Å². The van der Waals surface area contributed by atoms with Crippen LogP contribution >= 0.6 is 0 Å². The van der Waals surface area contributed by atoms with Gasteiger partial charge in [0, 0.05) is 6.42 Å². The van der Waals surface area contributed by atoms with Gasteiger partial charge in [0.05, 0.1) is 12.7 Å². The number of carbonyl (C=O) groups excluding carboxylic acids is 1. The number of aldehydes is 1. The van der Waals surface area contributed by atoms with Crippen LogP contribution in [0.1, 0.15) is 38.2 Å². The molecule has 0 spiro atoms. The maximum Gasteiger partial charge on any atom is 0.120 e. The van der Waals surface area contributed by atoms with Gasteiger partial charge in [-0.1, -0.05) is 55.8 Å². The number of rotatable bonds is 9. The topological polar surface area (TPSA) is 26.3 Å². The van der Waals surface area contributed by atoms with Gasteiger partial charge < -0.3 is 9.53 Å². The molecule has 0 heterocycles. The summed E-state index contributed by atoms with van der Waals surface area (Å²) >= 11 is 0. The van der Waals surface area contributed by atoms with Gasteiger partial charge in [-0.3, -0.25) is 0 Å². The molecule has 1 atom stereocenters. The highest BCUT2D eigenvalue weighted by atomic mass is 16.5. The van der Waals surface area contributed by atoms with E-state index in [1.54, 1.807) is 0 Å². The summed E-state index contributed by atoms with van der Waals surface area (Å²) in [5, 5.41) is 0. The van der Waals surface area contributed by atoms with Crippen LogP contribution in [0.4, 0.5) is 0 Å². The molecule has 18 heavy (non-hydrogen) atoms. The molecule has 0 aliphatic carbocycles. The predicted octanol–water partition coefficient (Wildman–Crippen LogP) is 3.91. The molecule has 0 aromatic heterocycles. The van der Waals surface area contributed by atoms with Crippen molar-refractivity contribution in [2.75, 3.05) is 0 Å². The summed E-state index contributed by atoms with van der Waals surface area (Å²) < 4.78 is 5.87. The molecule has 2 nitrogen and oxygen atoms in total. The fourth-order valence-electron chi connectivity index (χ4n) is 1.71. The summed E-state index contributed by atoms with van der Waals surface area (Å²) in [6.45, 7) is 2.79. The smallest absolute Gasteiger partial charge is 0.120 e. The van der Waals surface area contributed by atoms with Gasteiger partial charge in [0.2, 0.25) is 0 Å². The van der Waals surface area contributed by atoms with E-state index in [2.05, 4.69) is 25.1 Å². The van der Waals surface area contributed by atoms with Gasteiger partial charge in [0.15, 0.2) is 0 Å². The van der Waals surface area contributed by atoms with E-state index in [4.69, 9.17) is 4.74 Å². The first-order valence-electron chi connectivity index (χ1n) is 6.62. The Bertz CT molecular complexity index is 343. The Balaban J connectivity index is 2.37. The molecule has 1 rings (SSSR count). The molecule has 0 amide bonds. The molecule has 0 saturated heterocycles. The lowest BCUT2D eigenvalue weighted by molar-refractivity contribution is -0.107. The molecular formula is C16H22O2. The van der Waals surface area contributed by atoms with Gasteiger partial charge in [-0.15, -0.1) is 0 Å². The van der Waals surface area contributed by atoms with E-state index in [0.29, 0.717) is 13.0 Å². The number of carbonyl (C=O) groups is 1. The van der Waals surface area contributed by atoms with Crippen LogP contribution in [0.25, 0.3) is 0 Å². The number of ether oxygens (including phenoxy) is 1. The molecule has 0 bridgehead atoms. The second kappa shape index (κ2) is 9.60. The van der Waals surface area contributed by atoms with Crippen LogP contribution in [0, 0.1) is 0 Å². The second-order valence-corrected chi connectivity index (χ2v) is 4.30. The predicted molar refractivity (Wildman–Crippen MR) is 74.4 cm³/mol. The van der Waals surface area contributed by atoms with E-state index >= 15 is 0 Å². The largest absolute Gasteiger partial charge is 0.369 e. The Kier molecular flexibility index (Phi) is 7.82. The molecule has 98 valence electrons. The number of benzene rings is 1. The van der Waals surface area contributed by atoms with Crippen molar-refractivity contribution in [3.05, 3.63) is 48.0 Å². The Labute approximate surface area is 110 Å². The lowest BCUT2D eigenvalue weighted by Crippen LogP contribution is -2.09. The second-order valence-electron chi connectivity index (χ2n) is 4.30. The Hall–Kier alpha value is -1.41. The third-order valence-electron chi connectivity index (χ3n) is 2.68. The van der Waals surface area contributed by atoms with Crippen molar-refractivity contribution in [3.63, 3.8) is 0 Å². The van der Waals surface area contributed by atoms with Crippen molar-refractivity contribution in [2.45, 2.75) is 45.3 Å². The van der Waals surface area contributed by atoms with Crippen LogP contribution in [-0.4, -0.2) is 12.4 Å². The van der Waals surface area contributed by atoms with Gasteiger partial charge in [-0.25, -0.2) is 0 Å². The van der Waals surface area contributed by atoms with Gasteiger partial charge in [0.1, 0.15) is 6.29 Å². The molecule has 0 saturated carbocycles. The van der Waals surface area contributed by atoms with Gasteiger partial charge >= 0.3 is 0 Å². The summed E-state index contributed by atoms with van der Waals surface area (Å²) in [7, 11) is 0. The summed E-state index contributed by atoms with van der Waals surface area (Å²) in [4.78, 5) is 10.2. The lowest BCUT2D eigenvalue weighted by atomic mass is 10.1. The van der Waals surface area contributed by atoms with E-state index in [-0.39, 0.29) is 6.10 Å². The SMILES string of the molecule is CCC[C@@H](/C=C/CCC=O)OCc1ccccc1. The maximum atomic E-state index is 10.2. The highest BCUT2D eigenvalue weighted by Gasteiger charge is 2.03. The molecule has 1 aromatic rings. The van der Waals surface area contributed by atoms with Crippen LogP contribution in [-0.2, 0) is 16.1 Å². The molecule has 0 aliphatic rings. The van der Waals surface area contributed by atoms with Crippen molar-refractivity contribution in [1.29, 1.82) is 0 Å². The van der Waals surface area contributed by atoms with E-state index in [1.807, 2.05) is 24.3 Å². The average Bonchev–Trinajstić information content (AvgIpc) is 2.42. The van der Waals surface area contributed by atoms with Crippen molar-refractivity contribution in [3.8, 4) is 0 Å². The summed E-state index contributed by atoms with van der Waals surface area (Å²) in [5.41, 5.74) is 1.19. The average molecular weight is 246 g/mol. The van der Waals surface area contributed by atoms with Crippen LogP contribution in [0.15, 0.2) is 42.5 Å². The van der Waals surface area contributed by atoms with Crippen LogP contribution in [0.2, 0.25) is 0 Å². The maximum absolute atomic E-state index is 10.2. The number of hydrogen-bond donors (Lipinski definition) is 0. The Morgan fingerprint density at radius 2 is 2.00 bits per heavy atom. The molecule has 0 radical (unpaired) electrons. The molecule has 1 aromatic carbocycles. The molecular weight excluding hydrogens is 224 g/mol. The zero-order chi connectivity index (χ0) is 13.1. The first kappa shape index (κ1) is 14.7. The van der Waals surface area contributed by atoms with E-state index in [0.717, 1.165) is 25.5 Å². The summed E-state index contributed by atoms with van der Waals surface area (Å²) in [5.74, 6) is 0. The highest BCUT2D eigenvalue weighted by molar-refractivity contribution is 5.49. The first-order chi connectivity index (χ1) is 8.86. The van der Waals surface area contributed by atoms with Crippen LogP contribution in [0.5, 0.6) is 0 Å². The van der Waals surface area contributed by atoms with Crippen molar-refractivity contribution >= 4 is 6.29 Å². The minimum Gasteiger partial charge on any atom is -0.369 e. The zero-order valence-corrected chi connectivity index (χ0v) is 11.0. The van der Waals surface area contributed by atoms with Gasteiger partial charge in [-0.05, 0) is 18.4 Å². The summed E-state index contributed by atoms with van der Waals surface area (Å²) in [6, 6.07) is 10.2. The zero-order valence-electron chi connectivity index (χ0n) is 11.0. The first-order valence-corrected chi connectivity index (χ1v) is 6.62. The molecule has 0 aliphatic heterocycles. The molecule has 2 heteroatoms. The van der Waals surface area contributed by atoms with E-state index < -0.39 is 0 Å². The van der Waals surface area contributed by atoms with Crippen molar-refractivity contribution in [1.82, 2.24) is 0 Å². The minimum absolute atomic E-state index is 0.154. The van der Waals surface area contributed by atoms with Gasteiger partial charge in [-0.2, -0.15) is 0 Å². The normalized spacial score (nSPS) is 12.7. The minimum atomic E-state index is 0.154. The number of allylic oxidation sites excluding steroid dienone is 1. The van der Waals surface area contributed by atoms with E-state index in [9.17, 15) is 4.79 Å². The number of hydrogen-bond acceptors (Lipinski definition) is 2. The van der Waals surface area contributed by atoms with Crippen molar-refractivity contribution < 1.29 is 9.53 Å². The molecule has 0 unspecified atom stereocenters. The number of unbranched alkanes of at least 4 members (excludes halogenated alkanes) is 1. The lowest BCUT2D eigenvalue weighted by Gasteiger charge is -2.13. The molecule has 0 fully saturated rings. The molecule has 0 N–H and O–H groups in total.